The molecule has 0 bridgehead atoms. The maximum absolute atomic E-state index is 12.7. The first kappa shape index (κ1) is 20.5. The molecule has 1 heterocycles. The van der Waals surface area contributed by atoms with E-state index in [-0.39, 0.29) is 11.7 Å². The number of nitrogens with two attached hydrogens (primary N) is 1. The predicted molar refractivity (Wildman–Crippen MR) is 106 cm³/mol. The normalized spacial score (nSPS) is 10.0. The Bertz CT molecular complexity index is 912. The number of carbonyl (C=O) groups is 2. The van der Waals surface area contributed by atoms with Crippen molar-refractivity contribution in [1.82, 2.24) is 10.3 Å². The number of benzene rings is 2. The molecule has 0 saturated heterocycles. The Morgan fingerprint density at radius 1 is 0.964 bits per heavy atom. The fourth-order valence-electron chi connectivity index (χ4n) is 2.13. The molecule has 0 spiro atoms. The molecular weight excluding hydrogens is 357 g/mol. The molecule has 0 aliphatic heterocycles. The topological polar surface area (TPSA) is 85.1 Å². The van der Waals surface area contributed by atoms with Crippen LogP contribution in [-0.2, 0) is 11.3 Å². The van der Waals surface area contributed by atoms with Gasteiger partial charge in [-0.25, -0.2) is 4.39 Å². The summed E-state index contributed by atoms with van der Waals surface area (Å²) >= 11 is 0. The van der Waals surface area contributed by atoms with Crippen LogP contribution in [-0.4, -0.2) is 16.8 Å². The van der Waals surface area contributed by atoms with Gasteiger partial charge in [-0.2, -0.15) is 0 Å². The Labute approximate surface area is 162 Å². The van der Waals surface area contributed by atoms with Crippen molar-refractivity contribution in [2.75, 3.05) is 0 Å². The molecule has 0 aliphatic rings. The van der Waals surface area contributed by atoms with Crippen LogP contribution in [0.1, 0.15) is 21.5 Å². The molecule has 28 heavy (non-hydrogen) atoms. The number of rotatable bonds is 5. The van der Waals surface area contributed by atoms with Gasteiger partial charge in [0.15, 0.2) is 0 Å². The molecular formula is C22H20FN3O2. The van der Waals surface area contributed by atoms with Gasteiger partial charge in [-0.15, -0.1) is 0 Å². The maximum atomic E-state index is 12.7. The summed E-state index contributed by atoms with van der Waals surface area (Å²) in [5.41, 5.74) is 7.31. The zero-order chi connectivity index (χ0) is 20.2. The highest BCUT2D eigenvalue weighted by Gasteiger charge is 2.03. The zero-order valence-electron chi connectivity index (χ0n) is 15.1. The fourth-order valence-corrected chi connectivity index (χ4v) is 2.13. The molecule has 0 radical (unpaired) electrons. The average molecular weight is 377 g/mol. The predicted octanol–water partition coefficient (Wildman–Crippen LogP) is 3.34. The number of primary amides is 1. The van der Waals surface area contributed by atoms with Crippen LogP contribution in [0.4, 0.5) is 4.39 Å². The molecule has 0 unspecified atom stereocenters. The number of nitrogens with zero attached hydrogens (tertiary/aromatic N) is 1. The minimum Gasteiger partial charge on any atom is -0.366 e. The minimum atomic E-state index is -0.443. The van der Waals surface area contributed by atoms with E-state index in [1.165, 1.54) is 18.2 Å². The lowest BCUT2D eigenvalue weighted by Gasteiger charge is -2.05. The van der Waals surface area contributed by atoms with Crippen LogP contribution >= 0.6 is 0 Å². The fraction of sp³-hybridized carbons (Fsp3) is 0.0455. The van der Waals surface area contributed by atoms with Crippen molar-refractivity contribution in [3.05, 3.63) is 108 Å². The van der Waals surface area contributed by atoms with Crippen molar-refractivity contribution in [3.63, 3.8) is 0 Å². The van der Waals surface area contributed by atoms with E-state index in [0.717, 1.165) is 11.1 Å². The summed E-state index contributed by atoms with van der Waals surface area (Å²) in [6.45, 7) is 0.397. The van der Waals surface area contributed by atoms with Crippen LogP contribution in [0, 0.1) is 5.82 Å². The monoisotopic (exact) mass is 377 g/mol. The quantitative estimate of drug-likeness (QED) is 0.669. The Kier molecular flexibility index (Phi) is 8.08. The van der Waals surface area contributed by atoms with Crippen LogP contribution in [0.5, 0.6) is 0 Å². The SMILES string of the molecule is NC(=O)/C=C/c1ccncc1.O=C(NCc1ccc(F)cc1)c1ccccc1. The maximum Gasteiger partial charge on any atom is 0.251 e. The Balaban J connectivity index is 0.000000221. The molecule has 1 aromatic heterocycles. The van der Waals surface area contributed by atoms with Crippen molar-refractivity contribution in [2.24, 2.45) is 5.73 Å². The van der Waals surface area contributed by atoms with E-state index in [0.29, 0.717) is 12.1 Å². The number of halogens is 1. The van der Waals surface area contributed by atoms with Crippen molar-refractivity contribution < 1.29 is 14.0 Å². The largest absolute Gasteiger partial charge is 0.366 e. The van der Waals surface area contributed by atoms with E-state index in [9.17, 15) is 14.0 Å². The number of nitrogens with one attached hydrogen (secondary N) is 1. The molecule has 2 amide bonds. The second-order valence-corrected chi connectivity index (χ2v) is 5.69. The number of hydrogen-bond donors (Lipinski definition) is 2. The van der Waals surface area contributed by atoms with Gasteiger partial charge in [0.05, 0.1) is 0 Å². The van der Waals surface area contributed by atoms with E-state index < -0.39 is 5.91 Å². The van der Waals surface area contributed by atoms with E-state index in [1.54, 1.807) is 54.9 Å². The average Bonchev–Trinajstić information content (AvgIpc) is 2.73. The Morgan fingerprint density at radius 3 is 2.21 bits per heavy atom. The third-order valence-electron chi connectivity index (χ3n) is 3.55. The third kappa shape index (κ3) is 7.61. The van der Waals surface area contributed by atoms with Crippen LogP contribution in [0.15, 0.2) is 85.2 Å². The number of amides is 2. The summed E-state index contributed by atoms with van der Waals surface area (Å²) in [4.78, 5) is 25.8. The van der Waals surface area contributed by atoms with E-state index >= 15 is 0 Å². The number of aromatic nitrogens is 1. The first-order valence-corrected chi connectivity index (χ1v) is 8.50. The van der Waals surface area contributed by atoms with Gasteiger partial charge >= 0.3 is 0 Å². The third-order valence-corrected chi connectivity index (χ3v) is 3.55. The zero-order valence-corrected chi connectivity index (χ0v) is 15.1. The van der Waals surface area contributed by atoms with E-state index in [1.807, 2.05) is 18.2 Å². The molecule has 0 saturated carbocycles. The lowest BCUT2D eigenvalue weighted by Crippen LogP contribution is -2.22. The van der Waals surface area contributed by atoms with Gasteiger partial charge in [0.1, 0.15) is 5.82 Å². The molecule has 3 aromatic rings. The molecule has 0 fully saturated rings. The van der Waals surface area contributed by atoms with Gasteiger partial charge in [-0.1, -0.05) is 30.3 Å². The number of carbonyl (C=O) groups excluding carboxylic acids is 2. The van der Waals surface area contributed by atoms with Gasteiger partial charge in [0.2, 0.25) is 5.91 Å². The first-order valence-electron chi connectivity index (χ1n) is 8.50. The van der Waals surface area contributed by atoms with Gasteiger partial charge in [-0.05, 0) is 53.6 Å². The summed E-state index contributed by atoms with van der Waals surface area (Å²) in [5.74, 6) is -0.847. The van der Waals surface area contributed by atoms with Gasteiger partial charge in [0.25, 0.3) is 5.91 Å². The van der Waals surface area contributed by atoms with Gasteiger partial charge < -0.3 is 11.1 Å². The summed E-state index contributed by atoms with van der Waals surface area (Å²) in [6, 6.07) is 18.6. The molecule has 5 nitrogen and oxygen atoms in total. The van der Waals surface area contributed by atoms with E-state index in [2.05, 4.69) is 10.3 Å². The number of pyridine rings is 1. The van der Waals surface area contributed by atoms with Crippen LogP contribution < -0.4 is 11.1 Å². The van der Waals surface area contributed by atoms with Gasteiger partial charge in [-0.3, -0.25) is 14.6 Å². The molecule has 3 rings (SSSR count). The number of hydrogen-bond acceptors (Lipinski definition) is 3. The highest BCUT2D eigenvalue weighted by Crippen LogP contribution is 2.03. The minimum absolute atomic E-state index is 0.130. The second-order valence-electron chi connectivity index (χ2n) is 5.69. The highest BCUT2D eigenvalue weighted by atomic mass is 19.1. The summed E-state index contributed by atoms with van der Waals surface area (Å²) in [6.07, 6.45) is 6.26. The second kappa shape index (κ2) is 11.0. The highest BCUT2D eigenvalue weighted by molar-refractivity contribution is 5.94. The van der Waals surface area contributed by atoms with Crippen molar-refractivity contribution >= 4 is 17.9 Å². The first-order chi connectivity index (χ1) is 13.5. The Hall–Kier alpha value is -3.80. The molecule has 6 heteroatoms. The van der Waals surface area contributed by atoms with Gasteiger partial charge in [0, 0.05) is 30.6 Å². The van der Waals surface area contributed by atoms with Crippen molar-refractivity contribution in [1.29, 1.82) is 0 Å². The summed E-state index contributed by atoms with van der Waals surface area (Å²) in [7, 11) is 0. The van der Waals surface area contributed by atoms with E-state index in [4.69, 9.17) is 5.73 Å². The molecule has 3 N–H and O–H groups in total. The van der Waals surface area contributed by atoms with Crippen molar-refractivity contribution in [2.45, 2.75) is 6.54 Å². The lowest BCUT2D eigenvalue weighted by molar-refractivity contribution is -0.113. The lowest BCUT2D eigenvalue weighted by atomic mass is 10.2. The standard InChI is InChI=1S/C14H12FNO.C8H8N2O/c15-13-8-6-11(7-9-13)10-16-14(17)12-4-2-1-3-5-12;9-8(11)2-1-7-3-5-10-6-4-7/h1-9H,10H2,(H,16,17);1-6H,(H2,9,11)/b;2-1+. The molecule has 2 aromatic carbocycles. The van der Waals surface area contributed by atoms with Crippen molar-refractivity contribution in [3.8, 4) is 0 Å². The van der Waals surface area contributed by atoms with Crippen LogP contribution in [0.2, 0.25) is 0 Å². The summed E-state index contributed by atoms with van der Waals surface area (Å²) in [5, 5.41) is 2.77. The Morgan fingerprint density at radius 2 is 1.61 bits per heavy atom. The smallest absolute Gasteiger partial charge is 0.251 e. The van der Waals surface area contributed by atoms with Crippen LogP contribution in [0.25, 0.3) is 6.08 Å². The summed E-state index contributed by atoms with van der Waals surface area (Å²) < 4.78 is 12.7. The molecule has 142 valence electrons. The van der Waals surface area contributed by atoms with Crippen LogP contribution in [0.3, 0.4) is 0 Å². The molecule has 0 aliphatic carbocycles. The molecule has 0 atom stereocenters.